The van der Waals surface area contributed by atoms with Crippen LogP contribution in [0.15, 0.2) is 65.0 Å². The van der Waals surface area contributed by atoms with E-state index < -0.39 is 0 Å². The van der Waals surface area contributed by atoms with Gasteiger partial charge >= 0.3 is 0 Å². The molecule has 211 valence electrons. The molecule has 0 atom stereocenters. The van der Waals surface area contributed by atoms with E-state index in [2.05, 4.69) is 32.0 Å². The fraction of sp³-hybridized carbons (Fsp3) is 0.412. The van der Waals surface area contributed by atoms with Gasteiger partial charge in [-0.3, -0.25) is 9.78 Å². The van der Waals surface area contributed by atoms with Crippen molar-refractivity contribution in [1.82, 2.24) is 4.98 Å². The second-order valence-corrected chi connectivity index (χ2v) is 10.8. The summed E-state index contributed by atoms with van der Waals surface area (Å²) in [7, 11) is 0. The summed E-state index contributed by atoms with van der Waals surface area (Å²) in [5.74, 6) is 0.286. The molecule has 0 saturated heterocycles. The number of aromatic nitrogens is 1. The van der Waals surface area contributed by atoms with Crippen LogP contribution in [0.3, 0.4) is 0 Å². The zero-order valence-electron chi connectivity index (χ0n) is 24.6. The number of hydrogen-bond donors (Lipinski definition) is 1. The molecule has 39 heavy (non-hydrogen) atoms. The van der Waals surface area contributed by atoms with Gasteiger partial charge in [-0.2, -0.15) is 0 Å². The minimum absolute atomic E-state index is 0. The van der Waals surface area contributed by atoms with E-state index in [0.717, 1.165) is 64.4 Å². The molecule has 1 N–H and O–H groups in total. The predicted octanol–water partition coefficient (Wildman–Crippen LogP) is 9.71. The Balaban J connectivity index is 0.000000275. The molecule has 0 spiro atoms. The smallest absolute Gasteiger partial charge is 0.164 e. The molecule has 2 heterocycles. The van der Waals surface area contributed by atoms with Crippen LogP contribution < -0.4 is 0 Å². The number of carbonyl (C=O) groups is 1. The number of rotatable bonds is 8. The minimum atomic E-state index is -0.337. The molecule has 0 aliphatic rings. The quantitative estimate of drug-likeness (QED) is 0.113. The van der Waals surface area contributed by atoms with E-state index in [1.807, 2.05) is 71.9 Å². The fourth-order valence-corrected chi connectivity index (χ4v) is 4.56. The maximum absolute atomic E-state index is 12.2. The summed E-state index contributed by atoms with van der Waals surface area (Å²) in [5, 5.41) is 12.2. The van der Waals surface area contributed by atoms with Gasteiger partial charge in [0.25, 0.3) is 0 Å². The summed E-state index contributed by atoms with van der Waals surface area (Å²) in [6.45, 7) is 16.2. The number of pyridine rings is 1. The number of benzene rings is 2. The molecule has 0 aliphatic carbocycles. The van der Waals surface area contributed by atoms with E-state index >= 15 is 0 Å². The van der Waals surface area contributed by atoms with Crippen molar-refractivity contribution in [1.29, 1.82) is 0 Å². The Hall–Kier alpha value is -2.75. The van der Waals surface area contributed by atoms with Crippen LogP contribution in [0.4, 0.5) is 0 Å². The van der Waals surface area contributed by atoms with Crippen molar-refractivity contribution in [2.24, 2.45) is 10.8 Å². The van der Waals surface area contributed by atoms with Crippen LogP contribution in [0.25, 0.3) is 33.1 Å². The second kappa shape index (κ2) is 13.5. The second-order valence-electron chi connectivity index (χ2n) is 10.8. The van der Waals surface area contributed by atoms with Crippen molar-refractivity contribution in [2.45, 2.75) is 81.1 Å². The molecule has 4 rings (SSSR count). The van der Waals surface area contributed by atoms with Gasteiger partial charge in [-0.15, -0.1) is 34.9 Å². The Morgan fingerprint density at radius 1 is 0.949 bits per heavy atom. The van der Waals surface area contributed by atoms with E-state index in [-0.39, 0.29) is 42.5 Å². The third kappa shape index (κ3) is 7.07. The maximum Gasteiger partial charge on any atom is 0.164 e. The van der Waals surface area contributed by atoms with Crippen LogP contribution in [0.5, 0.6) is 0 Å². The van der Waals surface area contributed by atoms with Crippen LogP contribution in [-0.4, -0.2) is 15.9 Å². The van der Waals surface area contributed by atoms with E-state index in [1.54, 1.807) is 6.26 Å². The topological polar surface area (TPSA) is 63.3 Å². The minimum Gasteiger partial charge on any atom is -0.512 e. The molecule has 0 aliphatic heterocycles. The van der Waals surface area contributed by atoms with E-state index in [1.165, 1.54) is 11.6 Å². The summed E-state index contributed by atoms with van der Waals surface area (Å²) in [6, 6.07) is 17.7. The third-order valence-corrected chi connectivity index (χ3v) is 8.31. The summed E-state index contributed by atoms with van der Waals surface area (Å²) in [6.07, 6.45) is 6.48. The molecular formula is C34H42IrNO3-. The molecule has 5 heteroatoms. The normalized spacial score (nSPS) is 12.2. The van der Waals surface area contributed by atoms with Crippen molar-refractivity contribution < 1.29 is 34.4 Å². The molecule has 2 aromatic carbocycles. The maximum atomic E-state index is 12.2. The monoisotopic (exact) mass is 705 g/mol. The number of aliphatic hydroxyl groups excluding tert-OH is 1. The van der Waals surface area contributed by atoms with Gasteiger partial charge in [0, 0.05) is 47.8 Å². The molecule has 0 unspecified atom stereocenters. The number of aryl methyl sites for hydroxylation is 2. The Bertz CT molecular complexity index is 1420. The fourth-order valence-electron chi connectivity index (χ4n) is 4.56. The Kier molecular flexibility index (Phi) is 11.3. The number of furan rings is 1. The molecular weight excluding hydrogens is 663 g/mol. The number of allylic oxidation sites excluding steroid dienone is 2. The molecule has 2 aromatic heterocycles. The van der Waals surface area contributed by atoms with Gasteiger partial charge in [-0.05, 0) is 49.6 Å². The van der Waals surface area contributed by atoms with Gasteiger partial charge in [0.05, 0.1) is 11.8 Å². The molecule has 0 amide bonds. The van der Waals surface area contributed by atoms with E-state index in [0.29, 0.717) is 0 Å². The van der Waals surface area contributed by atoms with Gasteiger partial charge < -0.3 is 9.52 Å². The van der Waals surface area contributed by atoms with Gasteiger partial charge in [-0.25, -0.2) is 0 Å². The Labute approximate surface area is 247 Å². The third-order valence-electron chi connectivity index (χ3n) is 8.31. The first-order valence-corrected chi connectivity index (χ1v) is 13.7. The van der Waals surface area contributed by atoms with Crippen LogP contribution in [-0.2, 0) is 24.9 Å². The number of carbonyl (C=O) groups excluding carboxylic acids is 1. The van der Waals surface area contributed by atoms with Crippen molar-refractivity contribution in [2.75, 3.05) is 0 Å². The van der Waals surface area contributed by atoms with Crippen molar-refractivity contribution in [3.05, 3.63) is 77.8 Å². The van der Waals surface area contributed by atoms with E-state index in [4.69, 9.17) is 9.40 Å². The summed E-state index contributed by atoms with van der Waals surface area (Å²) < 4.78 is 5.70. The van der Waals surface area contributed by atoms with Crippen molar-refractivity contribution >= 4 is 27.7 Å². The molecule has 0 bridgehead atoms. The van der Waals surface area contributed by atoms with Gasteiger partial charge in [0.2, 0.25) is 0 Å². The van der Waals surface area contributed by atoms with Gasteiger partial charge in [0.15, 0.2) is 5.78 Å². The predicted molar refractivity (Wildman–Crippen MR) is 158 cm³/mol. The van der Waals surface area contributed by atoms with Crippen molar-refractivity contribution in [3.63, 3.8) is 0 Å². The zero-order valence-corrected chi connectivity index (χ0v) is 27.0. The van der Waals surface area contributed by atoms with Crippen LogP contribution in [0.2, 0.25) is 0 Å². The SMILES string of the molecule is CCC(C)(CC)C(=O)/C=C(\O)C(C)(CC)CC.Cc1[c-]c(-c2nc3ccccc3c3occc23)cc(C)c1.[Ir]. The number of aliphatic hydroxyl groups is 1. The molecule has 0 fully saturated rings. The zero-order chi connectivity index (χ0) is 28.1. The summed E-state index contributed by atoms with van der Waals surface area (Å²) >= 11 is 0. The number of para-hydroxylation sites is 1. The van der Waals surface area contributed by atoms with E-state index in [9.17, 15) is 9.90 Å². The first-order chi connectivity index (χ1) is 18.0. The van der Waals surface area contributed by atoms with Gasteiger partial charge in [0.1, 0.15) is 11.3 Å². The van der Waals surface area contributed by atoms with Gasteiger partial charge in [-0.1, -0.05) is 67.5 Å². The summed E-state index contributed by atoms with van der Waals surface area (Å²) in [4.78, 5) is 17.0. The summed E-state index contributed by atoms with van der Waals surface area (Å²) in [5.41, 5.74) is 5.53. The Morgan fingerprint density at radius 2 is 1.56 bits per heavy atom. The molecule has 1 radical (unpaired) electrons. The molecule has 4 aromatic rings. The largest absolute Gasteiger partial charge is 0.512 e. The van der Waals surface area contributed by atoms with Crippen LogP contribution in [0, 0.1) is 30.7 Å². The average Bonchev–Trinajstić information content (AvgIpc) is 3.41. The van der Waals surface area contributed by atoms with Crippen LogP contribution in [0.1, 0.15) is 78.4 Å². The Morgan fingerprint density at radius 3 is 2.15 bits per heavy atom. The number of ketones is 1. The first-order valence-electron chi connectivity index (χ1n) is 13.7. The standard InChI is InChI=1S/C19H14NO.C15H28O2.Ir/c1-12-9-13(2)11-14(10-12)18-16-7-8-21-19(16)15-5-3-4-6-17(15)20-18;1-7-14(5,8-2)12(16)11-13(17)15(6,9-3)10-4;/h3-10H,1-2H3;11,16H,7-10H2,1-6H3;/q-1;;/b;12-11-;. The number of nitrogens with zero attached hydrogens (tertiary/aromatic N) is 1. The first kappa shape index (κ1) is 32.5. The van der Waals surface area contributed by atoms with Crippen LogP contribution >= 0.6 is 0 Å². The number of fused-ring (bicyclic) bond motifs is 3. The number of hydrogen-bond acceptors (Lipinski definition) is 4. The van der Waals surface area contributed by atoms with Crippen molar-refractivity contribution in [3.8, 4) is 11.3 Å². The molecule has 4 nitrogen and oxygen atoms in total. The molecule has 0 saturated carbocycles. The average molecular weight is 705 g/mol.